The predicted octanol–water partition coefficient (Wildman–Crippen LogP) is 8.16. The van der Waals surface area contributed by atoms with E-state index in [4.69, 9.17) is 4.74 Å². The number of thiophene rings is 1. The highest BCUT2D eigenvalue weighted by atomic mass is 32.1. The number of aryl methyl sites for hydroxylation is 1. The maximum absolute atomic E-state index is 5.78. The molecular formula is C26H30OS. The lowest BCUT2D eigenvalue weighted by Gasteiger charge is -2.06. The first-order chi connectivity index (χ1) is 13.8. The summed E-state index contributed by atoms with van der Waals surface area (Å²) < 4.78 is 5.78. The van der Waals surface area contributed by atoms with Gasteiger partial charge < -0.3 is 4.74 Å². The minimum atomic E-state index is 0.640. The third kappa shape index (κ3) is 5.84. The number of allylic oxidation sites excluding steroid dienone is 1. The molecule has 0 aliphatic rings. The van der Waals surface area contributed by atoms with Gasteiger partial charge >= 0.3 is 0 Å². The van der Waals surface area contributed by atoms with Gasteiger partial charge in [0.05, 0.1) is 0 Å². The molecule has 0 saturated heterocycles. The van der Waals surface area contributed by atoms with Crippen molar-refractivity contribution in [3.8, 4) is 26.6 Å². The Kier molecular flexibility index (Phi) is 7.93. The van der Waals surface area contributed by atoms with E-state index in [2.05, 4.69) is 86.7 Å². The molecule has 0 saturated carbocycles. The van der Waals surface area contributed by atoms with Gasteiger partial charge in [0, 0.05) is 4.88 Å². The van der Waals surface area contributed by atoms with E-state index in [1.807, 2.05) is 0 Å². The average Bonchev–Trinajstić information content (AvgIpc) is 3.21. The predicted molar refractivity (Wildman–Crippen MR) is 123 cm³/mol. The van der Waals surface area contributed by atoms with Gasteiger partial charge in [0.1, 0.15) is 6.61 Å². The molecule has 2 aromatic carbocycles. The molecule has 0 atom stereocenters. The van der Waals surface area contributed by atoms with Gasteiger partial charge in [0.2, 0.25) is 0 Å². The Bertz CT molecular complexity index is 856. The lowest BCUT2D eigenvalue weighted by Crippen LogP contribution is -1.89. The van der Waals surface area contributed by atoms with Gasteiger partial charge in [0.25, 0.3) is 0 Å². The molecule has 0 N–H and O–H groups in total. The van der Waals surface area contributed by atoms with Crippen molar-refractivity contribution in [2.75, 3.05) is 6.61 Å². The first-order valence-corrected chi connectivity index (χ1v) is 11.2. The molecule has 1 aromatic heterocycles. The van der Waals surface area contributed by atoms with Gasteiger partial charge in [-0.1, -0.05) is 98.7 Å². The molecule has 146 valence electrons. The molecule has 3 rings (SSSR count). The first-order valence-electron chi connectivity index (χ1n) is 10.4. The van der Waals surface area contributed by atoms with Crippen molar-refractivity contribution >= 4 is 11.3 Å². The van der Waals surface area contributed by atoms with Crippen LogP contribution in [0, 0.1) is 0 Å². The lowest BCUT2D eigenvalue weighted by molar-refractivity contribution is 0.373. The van der Waals surface area contributed by atoms with Crippen molar-refractivity contribution in [1.82, 2.24) is 0 Å². The summed E-state index contributed by atoms with van der Waals surface area (Å²) in [4.78, 5) is 1.24. The number of benzene rings is 2. The van der Waals surface area contributed by atoms with E-state index in [-0.39, 0.29) is 0 Å². The van der Waals surface area contributed by atoms with Crippen molar-refractivity contribution in [3.63, 3.8) is 0 Å². The maximum atomic E-state index is 5.78. The zero-order valence-corrected chi connectivity index (χ0v) is 17.8. The van der Waals surface area contributed by atoms with Crippen molar-refractivity contribution < 1.29 is 4.74 Å². The average molecular weight is 391 g/mol. The van der Waals surface area contributed by atoms with Crippen LogP contribution in [0.3, 0.4) is 0 Å². The molecule has 3 aromatic rings. The summed E-state index contributed by atoms with van der Waals surface area (Å²) >= 11 is 1.70. The smallest absolute Gasteiger partial charge is 0.174 e. The zero-order valence-electron chi connectivity index (χ0n) is 17.0. The Labute approximate surface area is 173 Å². The van der Waals surface area contributed by atoms with Crippen molar-refractivity contribution in [1.29, 1.82) is 0 Å². The van der Waals surface area contributed by atoms with Crippen LogP contribution in [-0.4, -0.2) is 6.61 Å². The fourth-order valence-electron chi connectivity index (χ4n) is 3.19. The highest BCUT2D eigenvalue weighted by Gasteiger charge is 2.05. The molecule has 1 nitrogen and oxygen atoms in total. The fraction of sp³-hybridized carbons (Fsp3) is 0.308. The lowest BCUT2D eigenvalue weighted by atomic mass is 10.0. The normalized spacial score (nSPS) is 11.2. The summed E-state index contributed by atoms with van der Waals surface area (Å²) in [5, 5.41) is 0.971. The minimum absolute atomic E-state index is 0.640. The highest BCUT2D eigenvalue weighted by Crippen LogP contribution is 2.34. The molecule has 2 heteroatoms. The monoisotopic (exact) mass is 390 g/mol. The van der Waals surface area contributed by atoms with E-state index in [1.54, 1.807) is 11.3 Å². The Morgan fingerprint density at radius 2 is 1.43 bits per heavy atom. The SMILES string of the molecule is CC/C=C/COc1ccc(-c2ccc(-c3ccc(CCCCC)cc3)cc2)s1. The highest BCUT2D eigenvalue weighted by molar-refractivity contribution is 7.17. The fourth-order valence-corrected chi connectivity index (χ4v) is 4.06. The van der Waals surface area contributed by atoms with E-state index in [1.165, 1.54) is 52.8 Å². The standard InChI is InChI=1S/C26H30OS/c1-3-5-7-9-21-10-12-22(13-11-21)23-14-16-24(17-15-23)25-18-19-26(28-25)27-20-8-6-4-2/h6,8,10-19H,3-5,7,9,20H2,1-2H3/b8-6+. The molecule has 0 radical (unpaired) electrons. The third-order valence-corrected chi connectivity index (χ3v) is 5.88. The molecule has 0 aliphatic heterocycles. The summed E-state index contributed by atoms with van der Waals surface area (Å²) in [6.45, 7) is 5.02. The van der Waals surface area contributed by atoms with Gasteiger partial charge in [0.15, 0.2) is 5.06 Å². The number of rotatable bonds is 10. The van der Waals surface area contributed by atoms with E-state index in [9.17, 15) is 0 Å². The summed E-state index contributed by atoms with van der Waals surface area (Å²) in [6.07, 6.45) is 10.3. The molecule has 0 fully saturated rings. The van der Waals surface area contributed by atoms with Crippen LogP contribution in [0.2, 0.25) is 0 Å². The Morgan fingerprint density at radius 1 is 0.750 bits per heavy atom. The number of hydrogen-bond acceptors (Lipinski definition) is 2. The first kappa shape index (κ1) is 20.4. The van der Waals surface area contributed by atoms with Crippen molar-refractivity contribution in [2.45, 2.75) is 46.0 Å². The second-order valence-electron chi connectivity index (χ2n) is 7.04. The second-order valence-corrected chi connectivity index (χ2v) is 8.09. The van der Waals surface area contributed by atoms with Crippen molar-refractivity contribution in [2.24, 2.45) is 0 Å². The summed E-state index contributed by atoms with van der Waals surface area (Å²) in [5.74, 6) is 0. The van der Waals surface area contributed by atoms with E-state index in [0.717, 1.165) is 11.5 Å². The zero-order chi connectivity index (χ0) is 19.6. The molecule has 0 unspecified atom stereocenters. The Hall–Kier alpha value is -2.32. The van der Waals surface area contributed by atoms with Crippen LogP contribution >= 0.6 is 11.3 Å². The third-order valence-electron chi connectivity index (χ3n) is 4.83. The van der Waals surface area contributed by atoms with Gasteiger partial charge in [-0.05, 0) is 53.6 Å². The largest absolute Gasteiger partial charge is 0.480 e. The summed E-state index contributed by atoms with van der Waals surface area (Å²) in [6, 6.07) is 22.1. The molecule has 0 amide bonds. The van der Waals surface area contributed by atoms with Gasteiger partial charge in [-0.25, -0.2) is 0 Å². The Morgan fingerprint density at radius 3 is 2.11 bits per heavy atom. The molecule has 0 spiro atoms. The van der Waals surface area contributed by atoms with Crippen LogP contribution in [0.1, 0.15) is 45.1 Å². The minimum Gasteiger partial charge on any atom is -0.480 e. The summed E-state index contributed by atoms with van der Waals surface area (Å²) in [5.41, 5.74) is 5.22. The van der Waals surface area contributed by atoms with Crippen LogP contribution in [-0.2, 0) is 6.42 Å². The molecule has 1 heterocycles. The molecule has 28 heavy (non-hydrogen) atoms. The quantitative estimate of drug-likeness (QED) is 0.250. The topological polar surface area (TPSA) is 9.23 Å². The molecule has 0 aliphatic carbocycles. The van der Waals surface area contributed by atoms with Gasteiger partial charge in [-0.15, -0.1) is 0 Å². The van der Waals surface area contributed by atoms with Crippen molar-refractivity contribution in [3.05, 3.63) is 78.4 Å². The van der Waals surface area contributed by atoms with Gasteiger partial charge in [-0.3, -0.25) is 0 Å². The van der Waals surface area contributed by atoms with Gasteiger partial charge in [-0.2, -0.15) is 0 Å². The van der Waals surface area contributed by atoms with Crippen LogP contribution in [0.4, 0.5) is 0 Å². The second kappa shape index (κ2) is 10.9. The van der Waals surface area contributed by atoms with Crippen LogP contribution in [0.25, 0.3) is 21.6 Å². The molecular weight excluding hydrogens is 360 g/mol. The van der Waals surface area contributed by atoms with E-state index >= 15 is 0 Å². The number of ether oxygens (including phenoxy) is 1. The van der Waals surface area contributed by atoms with Crippen LogP contribution in [0.5, 0.6) is 5.06 Å². The van der Waals surface area contributed by atoms with E-state index in [0.29, 0.717) is 6.61 Å². The number of hydrogen-bond donors (Lipinski definition) is 0. The number of unbranched alkanes of at least 4 members (excludes halogenated alkanes) is 2. The van der Waals surface area contributed by atoms with Crippen LogP contribution < -0.4 is 4.74 Å². The maximum Gasteiger partial charge on any atom is 0.174 e. The van der Waals surface area contributed by atoms with E-state index < -0.39 is 0 Å². The van der Waals surface area contributed by atoms with Crippen LogP contribution in [0.15, 0.2) is 72.8 Å². The summed E-state index contributed by atoms with van der Waals surface area (Å²) in [7, 11) is 0. The molecule has 0 bridgehead atoms. The Balaban J connectivity index is 1.62.